The molecule has 0 spiro atoms. The van der Waals surface area contributed by atoms with Crippen LogP contribution < -0.4 is 0 Å². The third-order valence-corrected chi connectivity index (χ3v) is 6.00. The van der Waals surface area contributed by atoms with Gasteiger partial charge in [-0.1, -0.05) is 64.7 Å². The van der Waals surface area contributed by atoms with Crippen LogP contribution >= 0.6 is 0 Å². The molecule has 0 amide bonds. The molecule has 0 aliphatic heterocycles. The van der Waals surface area contributed by atoms with Gasteiger partial charge in [0, 0.05) is 6.61 Å². The van der Waals surface area contributed by atoms with Crippen molar-refractivity contribution in [1.82, 2.24) is 0 Å². The van der Waals surface area contributed by atoms with E-state index in [1.165, 1.54) is 64.2 Å². The second kappa shape index (κ2) is 11.5. The van der Waals surface area contributed by atoms with Gasteiger partial charge in [0.15, 0.2) is 0 Å². The molecular weight excluding hydrogens is 284 g/mol. The molecule has 2 nitrogen and oxygen atoms in total. The molecule has 0 saturated heterocycles. The highest BCUT2D eigenvalue weighted by Crippen LogP contribution is 2.32. The molecule has 134 valence electrons. The highest BCUT2D eigenvalue weighted by atomic mass is 16.5. The fourth-order valence-corrected chi connectivity index (χ4v) is 4.56. The van der Waals surface area contributed by atoms with Crippen molar-refractivity contribution in [3.8, 4) is 0 Å². The minimum Gasteiger partial charge on any atom is -0.378 e. The zero-order valence-corrected chi connectivity index (χ0v) is 15.1. The van der Waals surface area contributed by atoms with Gasteiger partial charge in [0.25, 0.3) is 0 Å². The van der Waals surface area contributed by atoms with Gasteiger partial charge in [0.1, 0.15) is 0 Å². The summed E-state index contributed by atoms with van der Waals surface area (Å²) >= 11 is 0. The lowest BCUT2D eigenvalue weighted by molar-refractivity contribution is -0.0219. The Hall–Kier alpha value is -0.0800. The smallest absolute Gasteiger partial charge is 0.0933 e. The summed E-state index contributed by atoms with van der Waals surface area (Å²) in [7, 11) is 0. The maximum atomic E-state index is 12.5. The maximum absolute atomic E-state index is 12.5. The average molecular weight is 323 g/mol. The van der Waals surface area contributed by atoms with Gasteiger partial charge in [-0.3, -0.25) is 0 Å². The van der Waals surface area contributed by atoms with Crippen molar-refractivity contribution in [3.63, 3.8) is 0 Å². The molecule has 0 heterocycles. The summed E-state index contributed by atoms with van der Waals surface area (Å²) < 4.78 is 6.25. The summed E-state index contributed by atoms with van der Waals surface area (Å²) in [6.45, 7) is 4.75. The van der Waals surface area contributed by atoms with E-state index in [0.717, 1.165) is 38.7 Å². The van der Waals surface area contributed by atoms with E-state index in [1.807, 2.05) is 0 Å². The fourth-order valence-electron chi connectivity index (χ4n) is 4.56. The Balaban J connectivity index is 2.02. The minimum absolute atomic E-state index is 0.329. The SMILES string of the molecule is [CH2]CCCOC1CCC([O])CC2CCCCCC1CCCCC2. The van der Waals surface area contributed by atoms with E-state index in [0.29, 0.717) is 17.9 Å². The first-order valence-corrected chi connectivity index (χ1v) is 10.4. The Kier molecular flexibility index (Phi) is 9.60. The molecule has 3 aliphatic carbocycles. The van der Waals surface area contributed by atoms with E-state index in [1.54, 1.807) is 0 Å². The van der Waals surface area contributed by atoms with Crippen LogP contribution in [-0.4, -0.2) is 18.8 Å². The van der Waals surface area contributed by atoms with E-state index in [-0.39, 0.29) is 6.10 Å². The predicted molar refractivity (Wildman–Crippen MR) is 95.8 cm³/mol. The first-order valence-electron chi connectivity index (χ1n) is 10.4. The van der Waals surface area contributed by atoms with Crippen LogP contribution in [0.3, 0.4) is 0 Å². The molecule has 23 heavy (non-hydrogen) atoms. The second-order valence-corrected chi connectivity index (χ2v) is 7.95. The van der Waals surface area contributed by atoms with E-state index < -0.39 is 0 Å². The lowest BCUT2D eigenvalue weighted by atomic mass is 9.82. The summed E-state index contributed by atoms with van der Waals surface area (Å²) in [6, 6.07) is 0. The standard InChI is InChI=1S/C21H38O2/c1-2-3-16-23-21-15-14-20(22)17-18-10-6-4-8-12-19(21)13-9-5-7-11-18/h18-21H,1-17H2. The van der Waals surface area contributed by atoms with Crippen molar-refractivity contribution >= 4 is 0 Å². The van der Waals surface area contributed by atoms with Crippen LogP contribution in [-0.2, 0) is 9.84 Å². The molecule has 0 aromatic carbocycles. The molecule has 2 atom stereocenters. The summed E-state index contributed by atoms with van der Waals surface area (Å²) in [6.07, 6.45) is 18.0. The maximum Gasteiger partial charge on any atom is 0.0933 e. The van der Waals surface area contributed by atoms with Crippen LogP contribution in [0, 0.1) is 18.8 Å². The quantitative estimate of drug-likeness (QED) is 0.573. The molecule has 2 radical (unpaired) electrons. The van der Waals surface area contributed by atoms with Gasteiger partial charge in [-0.15, -0.1) is 0 Å². The van der Waals surface area contributed by atoms with Crippen molar-refractivity contribution in [2.75, 3.05) is 6.61 Å². The lowest BCUT2D eigenvalue weighted by Crippen LogP contribution is -2.27. The van der Waals surface area contributed by atoms with Crippen LogP contribution in [0.1, 0.15) is 96.3 Å². The molecular formula is C21H38O2. The zero-order chi connectivity index (χ0) is 16.3. The predicted octanol–water partition coefficient (Wildman–Crippen LogP) is 6.12. The van der Waals surface area contributed by atoms with Crippen LogP contribution in [0.15, 0.2) is 0 Å². The third-order valence-electron chi connectivity index (χ3n) is 6.00. The Morgan fingerprint density at radius 2 is 1.48 bits per heavy atom. The Labute approximate surface area is 144 Å². The van der Waals surface area contributed by atoms with E-state index in [9.17, 15) is 5.11 Å². The fraction of sp³-hybridized carbons (Fsp3) is 0.952. The third kappa shape index (κ3) is 7.56. The summed E-state index contributed by atoms with van der Waals surface area (Å²) in [4.78, 5) is 0. The number of hydrogen-bond donors (Lipinski definition) is 0. The Morgan fingerprint density at radius 1 is 0.826 bits per heavy atom. The van der Waals surface area contributed by atoms with Gasteiger partial charge in [-0.25, -0.2) is 5.11 Å². The molecule has 2 heteroatoms. The normalized spacial score (nSPS) is 34.7. The van der Waals surface area contributed by atoms with Gasteiger partial charge in [0.2, 0.25) is 0 Å². The zero-order valence-electron chi connectivity index (χ0n) is 15.1. The summed E-state index contributed by atoms with van der Waals surface area (Å²) in [5, 5.41) is 12.5. The average Bonchev–Trinajstić information content (AvgIpc) is 2.52. The number of ether oxygens (including phenoxy) is 1. The number of fused-ring (bicyclic) bond motifs is 12. The first-order chi connectivity index (χ1) is 11.3. The molecule has 0 aromatic heterocycles. The molecule has 3 fully saturated rings. The van der Waals surface area contributed by atoms with Gasteiger partial charge in [0.05, 0.1) is 12.2 Å². The van der Waals surface area contributed by atoms with E-state index in [2.05, 4.69) is 6.92 Å². The van der Waals surface area contributed by atoms with Gasteiger partial charge in [-0.2, -0.15) is 0 Å². The van der Waals surface area contributed by atoms with Gasteiger partial charge in [-0.05, 0) is 50.4 Å². The van der Waals surface area contributed by atoms with Crippen LogP contribution in [0.2, 0.25) is 0 Å². The lowest BCUT2D eigenvalue weighted by Gasteiger charge is -2.30. The summed E-state index contributed by atoms with van der Waals surface area (Å²) in [5.41, 5.74) is 0. The van der Waals surface area contributed by atoms with Crippen molar-refractivity contribution in [2.45, 2.75) is 109 Å². The van der Waals surface area contributed by atoms with Crippen molar-refractivity contribution in [1.29, 1.82) is 0 Å². The van der Waals surface area contributed by atoms with Crippen molar-refractivity contribution < 1.29 is 9.84 Å². The number of hydrogen-bond acceptors (Lipinski definition) is 1. The van der Waals surface area contributed by atoms with Crippen molar-refractivity contribution in [2.24, 2.45) is 11.8 Å². The highest BCUT2D eigenvalue weighted by Gasteiger charge is 2.25. The summed E-state index contributed by atoms with van der Waals surface area (Å²) in [5.74, 6) is 1.37. The molecule has 3 saturated carbocycles. The topological polar surface area (TPSA) is 29.1 Å². The monoisotopic (exact) mass is 322 g/mol. The highest BCUT2D eigenvalue weighted by molar-refractivity contribution is 4.77. The second-order valence-electron chi connectivity index (χ2n) is 7.95. The Bertz CT molecular complexity index is 278. The van der Waals surface area contributed by atoms with Gasteiger partial charge < -0.3 is 4.74 Å². The molecule has 2 unspecified atom stereocenters. The first kappa shape index (κ1) is 19.2. The molecule has 3 rings (SSSR count). The van der Waals surface area contributed by atoms with Gasteiger partial charge >= 0.3 is 0 Å². The van der Waals surface area contributed by atoms with Crippen LogP contribution in [0.4, 0.5) is 0 Å². The van der Waals surface area contributed by atoms with Crippen LogP contribution in [0.5, 0.6) is 0 Å². The Morgan fingerprint density at radius 3 is 2.13 bits per heavy atom. The van der Waals surface area contributed by atoms with Crippen molar-refractivity contribution in [3.05, 3.63) is 6.92 Å². The number of rotatable bonds is 4. The largest absolute Gasteiger partial charge is 0.378 e. The molecule has 2 bridgehead atoms. The van der Waals surface area contributed by atoms with E-state index >= 15 is 0 Å². The number of unbranched alkanes of at least 4 members (excludes halogenated alkanes) is 1. The minimum atomic E-state index is -0.363. The molecule has 0 aromatic rings. The van der Waals surface area contributed by atoms with Crippen LogP contribution in [0.25, 0.3) is 0 Å². The molecule has 0 N–H and O–H groups in total. The molecule has 3 aliphatic rings. The van der Waals surface area contributed by atoms with E-state index in [4.69, 9.17) is 4.74 Å².